The number of tetrazole rings is 1. The van der Waals surface area contributed by atoms with Gasteiger partial charge in [0.05, 0.1) is 5.69 Å². The van der Waals surface area contributed by atoms with E-state index in [0.29, 0.717) is 6.42 Å². The van der Waals surface area contributed by atoms with Gasteiger partial charge in [0.2, 0.25) is 11.9 Å². The van der Waals surface area contributed by atoms with Gasteiger partial charge in [0.1, 0.15) is 0 Å². The van der Waals surface area contributed by atoms with Gasteiger partial charge in [0, 0.05) is 38.5 Å². The van der Waals surface area contributed by atoms with Crippen LogP contribution in [0.1, 0.15) is 19.3 Å². The molecule has 0 atom stereocenters. The molecule has 5 rings (SSSR count). The highest BCUT2D eigenvalue weighted by Gasteiger charge is 2.44. The second-order valence-electron chi connectivity index (χ2n) is 8.22. The summed E-state index contributed by atoms with van der Waals surface area (Å²) < 4.78 is 1.80. The van der Waals surface area contributed by atoms with E-state index in [4.69, 9.17) is 0 Å². The number of hydrogen-bond acceptors (Lipinski definition) is 5. The normalized spacial score (nSPS) is 18.6. The molecule has 0 aliphatic carbocycles. The second-order valence-corrected chi connectivity index (χ2v) is 8.22. The molecule has 0 unspecified atom stereocenters. The molecule has 0 bridgehead atoms. The molecule has 0 saturated carbocycles. The molecule has 2 aromatic carbocycles. The molecule has 1 aromatic heterocycles. The van der Waals surface area contributed by atoms with Crippen molar-refractivity contribution < 1.29 is 4.79 Å². The lowest BCUT2D eigenvalue weighted by Crippen LogP contribution is -2.42. The average molecular weight is 388 g/mol. The zero-order valence-electron chi connectivity index (χ0n) is 16.5. The van der Waals surface area contributed by atoms with E-state index in [0.717, 1.165) is 44.1 Å². The lowest BCUT2D eigenvalue weighted by Gasteiger charge is -2.38. The first-order valence-electron chi connectivity index (χ1n) is 10.1. The Morgan fingerprint density at radius 3 is 2.28 bits per heavy atom. The van der Waals surface area contributed by atoms with E-state index >= 15 is 0 Å². The van der Waals surface area contributed by atoms with Crippen LogP contribution in [0.2, 0.25) is 0 Å². The Morgan fingerprint density at radius 1 is 0.931 bits per heavy atom. The standard InChI is InChI=1S/C22H24N6O/c1-26-16-22(15-20(26)29)11-13-27(14-12-22)21-23-24-25-28(21)19-9-7-18(8-10-19)17-5-3-2-4-6-17/h2-10H,11-16H2,1H3. The van der Waals surface area contributed by atoms with Gasteiger partial charge in [-0.3, -0.25) is 4.79 Å². The topological polar surface area (TPSA) is 67.2 Å². The number of likely N-dealkylation sites (tertiary alicyclic amines) is 1. The van der Waals surface area contributed by atoms with Gasteiger partial charge in [-0.05, 0) is 46.5 Å². The summed E-state index contributed by atoms with van der Waals surface area (Å²) in [5.74, 6) is 1.03. The van der Waals surface area contributed by atoms with Crippen molar-refractivity contribution in [2.75, 3.05) is 31.6 Å². The van der Waals surface area contributed by atoms with E-state index < -0.39 is 0 Å². The Labute approximate surface area is 169 Å². The fourth-order valence-corrected chi connectivity index (χ4v) is 4.59. The first kappa shape index (κ1) is 17.8. The van der Waals surface area contributed by atoms with Crippen molar-refractivity contribution in [2.24, 2.45) is 5.41 Å². The largest absolute Gasteiger partial charge is 0.345 e. The summed E-state index contributed by atoms with van der Waals surface area (Å²) >= 11 is 0. The van der Waals surface area contributed by atoms with Crippen molar-refractivity contribution in [3.05, 3.63) is 54.6 Å². The molecule has 3 aromatic rings. The van der Waals surface area contributed by atoms with Gasteiger partial charge in [-0.2, -0.15) is 4.68 Å². The third-order valence-electron chi connectivity index (χ3n) is 6.30. The zero-order chi connectivity index (χ0) is 19.8. The van der Waals surface area contributed by atoms with Gasteiger partial charge >= 0.3 is 0 Å². The first-order chi connectivity index (χ1) is 14.1. The predicted octanol–water partition coefficient (Wildman–Crippen LogP) is 2.78. The molecule has 7 nitrogen and oxygen atoms in total. The number of hydrogen-bond donors (Lipinski definition) is 0. The smallest absolute Gasteiger partial charge is 0.250 e. The second kappa shape index (κ2) is 6.99. The highest BCUT2D eigenvalue weighted by molar-refractivity contribution is 5.79. The lowest BCUT2D eigenvalue weighted by atomic mass is 9.78. The van der Waals surface area contributed by atoms with Crippen molar-refractivity contribution >= 4 is 11.9 Å². The van der Waals surface area contributed by atoms with Crippen LogP contribution < -0.4 is 4.90 Å². The number of amides is 1. The summed E-state index contributed by atoms with van der Waals surface area (Å²) in [7, 11) is 1.91. The number of benzene rings is 2. The zero-order valence-corrected chi connectivity index (χ0v) is 16.5. The minimum atomic E-state index is 0.123. The molecule has 2 saturated heterocycles. The fourth-order valence-electron chi connectivity index (χ4n) is 4.59. The number of nitrogens with zero attached hydrogens (tertiary/aromatic N) is 6. The van der Waals surface area contributed by atoms with E-state index in [1.807, 2.05) is 30.1 Å². The van der Waals surface area contributed by atoms with Crippen LogP contribution in [0.4, 0.5) is 5.95 Å². The monoisotopic (exact) mass is 388 g/mol. The number of carbonyl (C=O) groups is 1. The van der Waals surface area contributed by atoms with E-state index in [2.05, 4.69) is 56.8 Å². The van der Waals surface area contributed by atoms with Gasteiger partial charge in [0.25, 0.3) is 0 Å². The Balaban J connectivity index is 1.34. The predicted molar refractivity (Wildman–Crippen MR) is 111 cm³/mol. The van der Waals surface area contributed by atoms with E-state index in [1.165, 1.54) is 11.1 Å². The highest BCUT2D eigenvalue weighted by atomic mass is 16.2. The molecular formula is C22H24N6O. The fraction of sp³-hybridized carbons (Fsp3) is 0.364. The quantitative estimate of drug-likeness (QED) is 0.690. The maximum absolute atomic E-state index is 12.0. The molecule has 2 aliphatic heterocycles. The van der Waals surface area contributed by atoms with Crippen LogP contribution in [0.5, 0.6) is 0 Å². The van der Waals surface area contributed by atoms with Crippen LogP contribution in [-0.4, -0.2) is 57.7 Å². The van der Waals surface area contributed by atoms with E-state index in [-0.39, 0.29) is 11.3 Å². The van der Waals surface area contributed by atoms with Crippen molar-refractivity contribution in [2.45, 2.75) is 19.3 Å². The van der Waals surface area contributed by atoms with Crippen LogP contribution in [0.25, 0.3) is 16.8 Å². The summed E-state index contributed by atoms with van der Waals surface area (Å²) in [5, 5.41) is 12.4. The van der Waals surface area contributed by atoms with Crippen LogP contribution in [0, 0.1) is 5.41 Å². The Hall–Kier alpha value is -3.22. The van der Waals surface area contributed by atoms with Crippen LogP contribution >= 0.6 is 0 Å². The number of anilines is 1. The van der Waals surface area contributed by atoms with Crippen molar-refractivity contribution in [3.8, 4) is 16.8 Å². The van der Waals surface area contributed by atoms with Gasteiger partial charge in [0.15, 0.2) is 0 Å². The molecule has 3 heterocycles. The van der Waals surface area contributed by atoms with E-state index in [1.54, 1.807) is 4.68 Å². The summed E-state index contributed by atoms with van der Waals surface area (Å²) in [6.45, 7) is 2.60. The van der Waals surface area contributed by atoms with Crippen molar-refractivity contribution in [1.82, 2.24) is 25.1 Å². The summed E-state index contributed by atoms with van der Waals surface area (Å²) in [6.07, 6.45) is 2.65. The highest BCUT2D eigenvalue weighted by Crippen LogP contribution is 2.41. The molecule has 7 heteroatoms. The third kappa shape index (κ3) is 3.26. The van der Waals surface area contributed by atoms with Crippen molar-refractivity contribution in [3.63, 3.8) is 0 Å². The van der Waals surface area contributed by atoms with Crippen LogP contribution in [-0.2, 0) is 4.79 Å². The Morgan fingerprint density at radius 2 is 1.62 bits per heavy atom. The molecule has 0 radical (unpaired) electrons. The van der Waals surface area contributed by atoms with Gasteiger partial charge in [-0.1, -0.05) is 47.6 Å². The molecule has 0 N–H and O–H groups in total. The van der Waals surface area contributed by atoms with E-state index in [9.17, 15) is 4.79 Å². The molecule has 148 valence electrons. The number of rotatable bonds is 3. The minimum absolute atomic E-state index is 0.123. The number of piperidine rings is 1. The van der Waals surface area contributed by atoms with Gasteiger partial charge in [-0.15, -0.1) is 0 Å². The van der Waals surface area contributed by atoms with Crippen LogP contribution in [0.15, 0.2) is 54.6 Å². The number of aromatic nitrogens is 4. The first-order valence-corrected chi connectivity index (χ1v) is 10.1. The summed E-state index contributed by atoms with van der Waals surface area (Å²) in [4.78, 5) is 16.1. The minimum Gasteiger partial charge on any atom is -0.345 e. The Bertz CT molecular complexity index is 1010. The summed E-state index contributed by atoms with van der Waals surface area (Å²) in [5.41, 5.74) is 3.42. The molecule has 1 amide bonds. The SMILES string of the molecule is CN1CC2(CCN(c3nnnn3-c3ccc(-c4ccccc4)cc3)CC2)CC1=O. The maximum Gasteiger partial charge on any atom is 0.250 e. The molecule has 2 aliphatic rings. The summed E-state index contributed by atoms with van der Waals surface area (Å²) in [6, 6.07) is 18.6. The molecule has 2 fully saturated rings. The Kier molecular flexibility index (Phi) is 4.30. The van der Waals surface area contributed by atoms with Crippen LogP contribution in [0.3, 0.4) is 0 Å². The van der Waals surface area contributed by atoms with Crippen molar-refractivity contribution in [1.29, 1.82) is 0 Å². The third-order valence-corrected chi connectivity index (χ3v) is 6.30. The molecule has 29 heavy (non-hydrogen) atoms. The maximum atomic E-state index is 12.0. The number of carbonyl (C=O) groups excluding carboxylic acids is 1. The lowest BCUT2D eigenvalue weighted by molar-refractivity contribution is -0.126. The molecular weight excluding hydrogens is 364 g/mol. The molecule has 1 spiro atoms. The van der Waals surface area contributed by atoms with Gasteiger partial charge in [-0.25, -0.2) is 0 Å². The van der Waals surface area contributed by atoms with Gasteiger partial charge < -0.3 is 9.80 Å². The average Bonchev–Trinajstić information content (AvgIpc) is 3.34.